The number of rotatable bonds is 2. The van der Waals surface area contributed by atoms with E-state index in [0.717, 1.165) is 26.3 Å². The van der Waals surface area contributed by atoms with Gasteiger partial charge in [-0.05, 0) is 47.3 Å². The van der Waals surface area contributed by atoms with Gasteiger partial charge in [-0.25, -0.2) is 9.97 Å². The molecule has 2 N–H and O–H groups in total. The van der Waals surface area contributed by atoms with Crippen molar-refractivity contribution in [2.24, 2.45) is 0 Å². The number of hydrogen-bond acceptors (Lipinski definition) is 3. The fourth-order valence-electron chi connectivity index (χ4n) is 2.81. The SMILES string of the molecule is Cc1ccc(-c2nc(N)c(Br)c(C3CCCC3)n2)cc1Cl. The second-order valence-corrected chi connectivity index (χ2v) is 6.78. The van der Waals surface area contributed by atoms with Gasteiger partial charge in [0.25, 0.3) is 0 Å². The van der Waals surface area contributed by atoms with Crippen LogP contribution in [0.3, 0.4) is 0 Å². The predicted octanol–water partition coefficient (Wildman–Crippen LogP) is 5.11. The average molecular weight is 367 g/mol. The lowest BCUT2D eigenvalue weighted by Gasteiger charge is -2.14. The molecule has 0 radical (unpaired) electrons. The number of nitrogen functional groups attached to an aromatic ring is 1. The number of aromatic nitrogens is 2. The van der Waals surface area contributed by atoms with E-state index in [1.807, 2.05) is 25.1 Å². The Morgan fingerprint density at radius 2 is 1.95 bits per heavy atom. The van der Waals surface area contributed by atoms with E-state index in [9.17, 15) is 0 Å². The summed E-state index contributed by atoms with van der Waals surface area (Å²) in [5.41, 5.74) is 9.05. The third-order valence-electron chi connectivity index (χ3n) is 4.07. The van der Waals surface area contributed by atoms with Crippen LogP contribution in [-0.4, -0.2) is 9.97 Å². The molecule has 5 heteroatoms. The molecule has 0 amide bonds. The lowest BCUT2D eigenvalue weighted by atomic mass is 10.0. The van der Waals surface area contributed by atoms with Crippen LogP contribution >= 0.6 is 27.5 Å². The number of aryl methyl sites for hydroxylation is 1. The second-order valence-electron chi connectivity index (χ2n) is 5.58. The lowest BCUT2D eigenvalue weighted by molar-refractivity contribution is 0.691. The van der Waals surface area contributed by atoms with Gasteiger partial charge in [-0.15, -0.1) is 0 Å². The summed E-state index contributed by atoms with van der Waals surface area (Å²) in [7, 11) is 0. The first-order valence-electron chi connectivity index (χ1n) is 7.15. The topological polar surface area (TPSA) is 51.8 Å². The Hall–Kier alpha value is -1.13. The van der Waals surface area contributed by atoms with E-state index in [1.165, 1.54) is 25.7 Å². The normalized spacial score (nSPS) is 15.6. The smallest absolute Gasteiger partial charge is 0.161 e. The molecule has 0 saturated heterocycles. The Morgan fingerprint density at radius 1 is 1.24 bits per heavy atom. The summed E-state index contributed by atoms with van der Waals surface area (Å²) in [6.45, 7) is 1.98. The van der Waals surface area contributed by atoms with E-state index >= 15 is 0 Å². The molecule has 2 aromatic rings. The van der Waals surface area contributed by atoms with Gasteiger partial charge in [-0.2, -0.15) is 0 Å². The summed E-state index contributed by atoms with van der Waals surface area (Å²) in [5, 5.41) is 0.722. The average Bonchev–Trinajstić information content (AvgIpc) is 2.98. The van der Waals surface area contributed by atoms with E-state index in [2.05, 4.69) is 20.9 Å². The van der Waals surface area contributed by atoms with Crippen LogP contribution in [0.5, 0.6) is 0 Å². The molecule has 0 spiro atoms. The maximum atomic E-state index is 6.21. The molecule has 1 saturated carbocycles. The lowest BCUT2D eigenvalue weighted by Crippen LogP contribution is -2.06. The Bertz CT molecular complexity index is 681. The predicted molar refractivity (Wildman–Crippen MR) is 90.5 cm³/mol. The van der Waals surface area contributed by atoms with E-state index < -0.39 is 0 Å². The standard InChI is InChI=1S/C16H17BrClN3/c1-9-6-7-11(8-12(9)18)16-20-14(10-4-2-3-5-10)13(17)15(19)21-16/h6-8,10H,2-5H2,1H3,(H2,19,20,21). The number of benzene rings is 1. The summed E-state index contributed by atoms with van der Waals surface area (Å²) in [6, 6.07) is 5.87. The van der Waals surface area contributed by atoms with Crippen molar-refractivity contribution < 1.29 is 0 Å². The van der Waals surface area contributed by atoms with Crippen LogP contribution in [0, 0.1) is 6.92 Å². The van der Waals surface area contributed by atoms with Crippen molar-refractivity contribution in [3.8, 4) is 11.4 Å². The zero-order valence-corrected chi connectivity index (χ0v) is 14.2. The van der Waals surface area contributed by atoms with Crippen molar-refractivity contribution in [1.29, 1.82) is 0 Å². The van der Waals surface area contributed by atoms with Crippen LogP contribution in [0.2, 0.25) is 5.02 Å². The molecule has 0 atom stereocenters. The van der Waals surface area contributed by atoms with Gasteiger partial charge in [0.05, 0.1) is 10.2 Å². The molecule has 0 unspecified atom stereocenters. The Labute approximate surface area is 138 Å². The van der Waals surface area contributed by atoms with Crippen LogP contribution in [0.1, 0.15) is 42.9 Å². The highest BCUT2D eigenvalue weighted by atomic mass is 79.9. The molecule has 1 aliphatic rings. The number of halogens is 2. The van der Waals surface area contributed by atoms with Crippen LogP contribution in [-0.2, 0) is 0 Å². The molecule has 1 heterocycles. The van der Waals surface area contributed by atoms with Crippen molar-refractivity contribution in [1.82, 2.24) is 9.97 Å². The van der Waals surface area contributed by atoms with Gasteiger partial charge in [0.2, 0.25) is 0 Å². The highest BCUT2D eigenvalue weighted by molar-refractivity contribution is 9.10. The van der Waals surface area contributed by atoms with Crippen molar-refractivity contribution in [3.05, 3.63) is 39.0 Å². The Balaban J connectivity index is 2.08. The number of hydrogen-bond donors (Lipinski definition) is 1. The van der Waals surface area contributed by atoms with Gasteiger partial charge in [0.1, 0.15) is 5.82 Å². The number of anilines is 1. The quantitative estimate of drug-likeness (QED) is 0.803. The highest BCUT2D eigenvalue weighted by Crippen LogP contribution is 2.39. The van der Waals surface area contributed by atoms with E-state index in [4.69, 9.17) is 22.3 Å². The first kappa shape index (κ1) is 14.8. The van der Waals surface area contributed by atoms with E-state index in [1.54, 1.807) is 0 Å². The molecule has 1 aromatic heterocycles. The van der Waals surface area contributed by atoms with Gasteiger partial charge in [0.15, 0.2) is 5.82 Å². The summed E-state index contributed by atoms with van der Waals surface area (Å²) in [5.74, 6) is 1.63. The third-order valence-corrected chi connectivity index (χ3v) is 5.29. The Kier molecular flexibility index (Phi) is 4.18. The third kappa shape index (κ3) is 2.92. The molecule has 0 bridgehead atoms. The monoisotopic (exact) mass is 365 g/mol. The molecule has 1 aromatic carbocycles. The first-order chi connectivity index (χ1) is 10.1. The van der Waals surface area contributed by atoms with Gasteiger partial charge >= 0.3 is 0 Å². The minimum Gasteiger partial charge on any atom is -0.383 e. The van der Waals surface area contributed by atoms with Gasteiger partial charge in [-0.1, -0.05) is 36.6 Å². The van der Waals surface area contributed by atoms with E-state index in [0.29, 0.717) is 17.6 Å². The molecule has 1 aliphatic carbocycles. The van der Waals surface area contributed by atoms with Crippen LogP contribution < -0.4 is 5.73 Å². The van der Waals surface area contributed by atoms with Crippen molar-refractivity contribution in [2.45, 2.75) is 38.5 Å². The summed E-state index contributed by atoms with van der Waals surface area (Å²) in [4.78, 5) is 9.17. The molecule has 1 fully saturated rings. The van der Waals surface area contributed by atoms with Gasteiger partial charge in [-0.3, -0.25) is 0 Å². The molecule has 21 heavy (non-hydrogen) atoms. The fraction of sp³-hybridized carbons (Fsp3) is 0.375. The minimum atomic E-state index is 0.476. The minimum absolute atomic E-state index is 0.476. The summed E-state index contributed by atoms with van der Waals surface area (Å²) in [6.07, 6.45) is 4.85. The van der Waals surface area contributed by atoms with Crippen molar-refractivity contribution >= 4 is 33.3 Å². The summed E-state index contributed by atoms with van der Waals surface area (Å²) >= 11 is 9.75. The maximum absolute atomic E-state index is 6.21. The van der Waals surface area contributed by atoms with Crippen molar-refractivity contribution in [2.75, 3.05) is 5.73 Å². The van der Waals surface area contributed by atoms with Crippen LogP contribution in [0.15, 0.2) is 22.7 Å². The molecule has 0 aliphatic heterocycles. The van der Waals surface area contributed by atoms with Crippen LogP contribution in [0.4, 0.5) is 5.82 Å². The largest absolute Gasteiger partial charge is 0.383 e. The Morgan fingerprint density at radius 3 is 2.62 bits per heavy atom. The number of nitrogens with two attached hydrogens (primary N) is 1. The fourth-order valence-corrected chi connectivity index (χ4v) is 3.49. The zero-order valence-electron chi connectivity index (χ0n) is 11.9. The van der Waals surface area contributed by atoms with Gasteiger partial charge < -0.3 is 5.73 Å². The number of nitrogens with zero attached hydrogens (tertiary/aromatic N) is 2. The zero-order chi connectivity index (χ0) is 15.0. The summed E-state index contributed by atoms with van der Waals surface area (Å²) < 4.78 is 0.844. The van der Waals surface area contributed by atoms with Crippen LogP contribution in [0.25, 0.3) is 11.4 Å². The molecule has 110 valence electrons. The molecule has 3 rings (SSSR count). The van der Waals surface area contributed by atoms with E-state index in [-0.39, 0.29) is 0 Å². The molecular formula is C16H17BrClN3. The highest BCUT2D eigenvalue weighted by Gasteiger charge is 2.23. The molecule has 3 nitrogen and oxygen atoms in total. The second kappa shape index (κ2) is 5.93. The first-order valence-corrected chi connectivity index (χ1v) is 8.33. The molecular weight excluding hydrogens is 350 g/mol. The van der Waals surface area contributed by atoms with Gasteiger partial charge in [0, 0.05) is 16.5 Å². The van der Waals surface area contributed by atoms with Crippen molar-refractivity contribution in [3.63, 3.8) is 0 Å². The maximum Gasteiger partial charge on any atom is 0.161 e.